The van der Waals surface area contributed by atoms with Crippen LogP contribution in [-0.4, -0.2) is 0 Å². The van der Waals surface area contributed by atoms with E-state index in [2.05, 4.69) is 74.5 Å². The zero-order valence-electron chi connectivity index (χ0n) is 12.6. The molecule has 20 heavy (non-hydrogen) atoms. The van der Waals surface area contributed by atoms with Crippen LogP contribution >= 0.6 is 0 Å². The molecule has 0 saturated carbocycles. The van der Waals surface area contributed by atoms with Crippen LogP contribution in [-0.2, 0) is 19.3 Å². The van der Waals surface area contributed by atoms with Crippen molar-refractivity contribution in [3.8, 4) is 0 Å². The fraction of sp³-hybridized carbons (Fsp3) is 0.300. The number of rotatable bonds is 6. The molecule has 0 spiro atoms. The monoisotopic (exact) mass is 264 g/mol. The zero-order chi connectivity index (χ0) is 14.2. The Balaban J connectivity index is 2.13. The summed E-state index contributed by atoms with van der Waals surface area (Å²) >= 11 is 0. The minimum atomic E-state index is 1.12. The van der Waals surface area contributed by atoms with Crippen LogP contribution in [0.15, 0.2) is 54.6 Å². The SMILES string of the molecule is C/C=C/c1cc(CCC)cc(CCc2ccccc2)c1. The van der Waals surface area contributed by atoms with Gasteiger partial charge in [-0.2, -0.15) is 0 Å². The molecular weight excluding hydrogens is 240 g/mol. The number of benzene rings is 2. The lowest BCUT2D eigenvalue weighted by Crippen LogP contribution is -1.94. The van der Waals surface area contributed by atoms with E-state index in [1.165, 1.54) is 35.1 Å². The van der Waals surface area contributed by atoms with Crippen LogP contribution in [0.25, 0.3) is 6.08 Å². The molecule has 2 aromatic rings. The summed E-state index contributed by atoms with van der Waals surface area (Å²) in [5.74, 6) is 0. The molecule has 0 aromatic heterocycles. The van der Waals surface area contributed by atoms with Gasteiger partial charge in [0.05, 0.1) is 0 Å². The highest BCUT2D eigenvalue weighted by Crippen LogP contribution is 2.16. The molecule has 2 aromatic carbocycles. The molecule has 104 valence electrons. The molecule has 0 heteroatoms. The van der Waals surface area contributed by atoms with Gasteiger partial charge in [0.25, 0.3) is 0 Å². The van der Waals surface area contributed by atoms with Crippen molar-refractivity contribution in [1.29, 1.82) is 0 Å². The lowest BCUT2D eigenvalue weighted by molar-refractivity contribution is 0.906. The Bertz CT molecular complexity index is 550. The van der Waals surface area contributed by atoms with E-state index in [0.29, 0.717) is 0 Å². The molecule has 0 aliphatic heterocycles. The quantitative estimate of drug-likeness (QED) is 0.650. The van der Waals surface area contributed by atoms with Crippen LogP contribution < -0.4 is 0 Å². The maximum atomic E-state index is 2.37. The molecule has 0 aliphatic carbocycles. The summed E-state index contributed by atoms with van der Waals surface area (Å²) in [6, 6.07) is 17.8. The second-order valence-electron chi connectivity index (χ2n) is 5.32. The molecule has 0 unspecified atom stereocenters. The smallest absolute Gasteiger partial charge is 0.0238 e. The van der Waals surface area contributed by atoms with Crippen molar-refractivity contribution in [3.05, 3.63) is 76.9 Å². The van der Waals surface area contributed by atoms with Crippen LogP contribution in [0.4, 0.5) is 0 Å². The average Bonchev–Trinajstić information content (AvgIpc) is 2.47. The average molecular weight is 264 g/mol. The fourth-order valence-electron chi connectivity index (χ4n) is 2.59. The second-order valence-corrected chi connectivity index (χ2v) is 5.32. The number of aryl methyl sites for hydroxylation is 3. The first kappa shape index (κ1) is 14.6. The molecule has 0 heterocycles. The molecule has 0 atom stereocenters. The van der Waals surface area contributed by atoms with Crippen LogP contribution in [0, 0.1) is 0 Å². The molecule has 0 bridgehead atoms. The third kappa shape index (κ3) is 4.38. The van der Waals surface area contributed by atoms with E-state index in [4.69, 9.17) is 0 Å². The van der Waals surface area contributed by atoms with Crippen molar-refractivity contribution < 1.29 is 0 Å². The van der Waals surface area contributed by atoms with Crippen molar-refractivity contribution in [2.75, 3.05) is 0 Å². The molecular formula is C20H24. The standard InChI is InChI=1S/C20H24/c1-3-8-18-14-19(9-4-2)16-20(15-18)13-12-17-10-6-5-7-11-17/h3,5-8,10-11,14-16H,4,9,12-13H2,1-2H3/b8-3+. The first-order valence-corrected chi connectivity index (χ1v) is 7.61. The van der Waals surface area contributed by atoms with Gasteiger partial charge in [-0.05, 0) is 48.4 Å². The van der Waals surface area contributed by atoms with E-state index < -0.39 is 0 Å². The van der Waals surface area contributed by atoms with Crippen molar-refractivity contribution in [1.82, 2.24) is 0 Å². The lowest BCUT2D eigenvalue weighted by atomic mass is 9.98. The van der Waals surface area contributed by atoms with E-state index in [-0.39, 0.29) is 0 Å². The lowest BCUT2D eigenvalue weighted by Gasteiger charge is -2.08. The maximum Gasteiger partial charge on any atom is -0.0238 e. The van der Waals surface area contributed by atoms with Crippen LogP contribution in [0.2, 0.25) is 0 Å². The Morgan fingerprint density at radius 3 is 2.10 bits per heavy atom. The van der Waals surface area contributed by atoms with Crippen LogP contribution in [0.3, 0.4) is 0 Å². The van der Waals surface area contributed by atoms with Crippen molar-refractivity contribution in [2.24, 2.45) is 0 Å². The molecule has 0 radical (unpaired) electrons. The highest BCUT2D eigenvalue weighted by atomic mass is 14.1. The highest BCUT2D eigenvalue weighted by Gasteiger charge is 2.01. The number of hydrogen-bond donors (Lipinski definition) is 0. The summed E-state index contributed by atoms with van der Waals surface area (Å²) in [4.78, 5) is 0. The molecule has 0 saturated heterocycles. The summed E-state index contributed by atoms with van der Waals surface area (Å²) < 4.78 is 0. The van der Waals surface area contributed by atoms with Gasteiger partial charge >= 0.3 is 0 Å². The van der Waals surface area contributed by atoms with Gasteiger partial charge in [-0.3, -0.25) is 0 Å². The third-order valence-electron chi connectivity index (χ3n) is 3.52. The topological polar surface area (TPSA) is 0 Å². The van der Waals surface area contributed by atoms with E-state index in [1.807, 2.05) is 0 Å². The first-order chi connectivity index (χ1) is 9.81. The number of allylic oxidation sites excluding steroid dienone is 1. The predicted octanol–water partition coefficient (Wildman–Crippen LogP) is 5.46. The Morgan fingerprint density at radius 2 is 1.45 bits per heavy atom. The van der Waals surface area contributed by atoms with Gasteiger partial charge in [-0.1, -0.05) is 74.0 Å². The minimum Gasteiger partial charge on any atom is -0.0871 e. The summed E-state index contributed by atoms with van der Waals surface area (Å²) in [6.07, 6.45) is 8.93. The fourth-order valence-corrected chi connectivity index (χ4v) is 2.59. The Hall–Kier alpha value is -1.82. The van der Waals surface area contributed by atoms with E-state index in [0.717, 1.165) is 12.8 Å². The molecule has 0 N–H and O–H groups in total. The van der Waals surface area contributed by atoms with Gasteiger partial charge in [0.2, 0.25) is 0 Å². The second kappa shape index (κ2) is 7.69. The van der Waals surface area contributed by atoms with Crippen LogP contribution in [0.5, 0.6) is 0 Å². The number of hydrogen-bond acceptors (Lipinski definition) is 0. The van der Waals surface area contributed by atoms with E-state index in [1.54, 1.807) is 0 Å². The van der Waals surface area contributed by atoms with Crippen LogP contribution in [0.1, 0.15) is 42.5 Å². The van der Waals surface area contributed by atoms with Crippen molar-refractivity contribution in [2.45, 2.75) is 39.5 Å². The summed E-state index contributed by atoms with van der Waals surface area (Å²) in [5, 5.41) is 0. The molecule has 2 rings (SSSR count). The summed E-state index contributed by atoms with van der Waals surface area (Å²) in [7, 11) is 0. The van der Waals surface area contributed by atoms with E-state index >= 15 is 0 Å². The zero-order valence-corrected chi connectivity index (χ0v) is 12.6. The van der Waals surface area contributed by atoms with E-state index in [9.17, 15) is 0 Å². The summed E-state index contributed by atoms with van der Waals surface area (Å²) in [6.45, 7) is 4.32. The predicted molar refractivity (Wildman–Crippen MR) is 89.0 cm³/mol. The Labute approximate surface area is 123 Å². The molecule has 0 nitrogen and oxygen atoms in total. The maximum absolute atomic E-state index is 2.37. The van der Waals surface area contributed by atoms with Gasteiger partial charge in [0.1, 0.15) is 0 Å². The molecule has 0 amide bonds. The van der Waals surface area contributed by atoms with Gasteiger partial charge in [0, 0.05) is 0 Å². The van der Waals surface area contributed by atoms with Crippen molar-refractivity contribution in [3.63, 3.8) is 0 Å². The third-order valence-corrected chi connectivity index (χ3v) is 3.52. The van der Waals surface area contributed by atoms with Gasteiger partial charge in [0.15, 0.2) is 0 Å². The normalized spacial score (nSPS) is 11.1. The Kier molecular flexibility index (Phi) is 5.61. The molecule has 0 aliphatic rings. The first-order valence-electron chi connectivity index (χ1n) is 7.61. The van der Waals surface area contributed by atoms with Gasteiger partial charge in [-0.15, -0.1) is 0 Å². The molecule has 0 fully saturated rings. The van der Waals surface area contributed by atoms with Gasteiger partial charge in [-0.25, -0.2) is 0 Å². The van der Waals surface area contributed by atoms with Gasteiger partial charge < -0.3 is 0 Å². The highest BCUT2D eigenvalue weighted by molar-refractivity contribution is 5.52. The van der Waals surface area contributed by atoms with Crippen molar-refractivity contribution >= 4 is 6.08 Å². The summed E-state index contributed by atoms with van der Waals surface area (Å²) in [5.41, 5.74) is 5.67. The largest absolute Gasteiger partial charge is 0.0871 e. The Morgan fingerprint density at radius 1 is 0.800 bits per heavy atom. The minimum absolute atomic E-state index is 1.12.